The Labute approximate surface area is 214 Å². The summed E-state index contributed by atoms with van der Waals surface area (Å²) in [7, 11) is 0. The number of alkyl halides is 3. The molecule has 6 nitrogen and oxygen atoms in total. The number of aromatic nitrogens is 1. The van der Waals surface area contributed by atoms with Crippen LogP contribution in [0.25, 0.3) is 0 Å². The van der Waals surface area contributed by atoms with Gasteiger partial charge in [-0.05, 0) is 66.4 Å². The lowest BCUT2D eigenvalue weighted by Gasteiger charge is -2.09. The van der Waals surface area contributed by atoms with Crippen LogP contribution < -0.4 is 16.4 Å². The molecule has 0 spiro atoms. The van der Waals surface area contributed by atoms with Crippen LogP contribution in [-0.4, -0.2) is 22.2 Å². The second-order valence-electron chi connectivity index (χ2n) is 7.39. The van der Waals surface area contributed by atoms with E-state index >= 15 is 0 Å². The Balaban J connectivity index is 1.44. The topological polar surface area (TPSA) is 97.1 Å². The molecule has 1 heterocycles. The first-order chi connectivity index (χ1) is 17.5. The van der Waals surface area contributed by atoms with E-state index < -0.39 is 34.4 Å². The molecule has 0 aliphatic rings. The van der Waals surface area contributed by atoms with Crippen molar-refractivity contribution in [1.29, 1.82) is 0 Å². The normalized spacial score (nSPS) is 11.3. The Kier molecular flexibility index (Phi) is 7.45. The summed E-state index contributed by atoms with van der Waals surface area (Å²) in [6.07, 6.45) is 0. The highest BCUT2D eigenvalue weighted by atomic mass is 32.2. The lowest BCUT2D eigenvalue weighted by Crippen LogP contribution is -2.12. The molecule has 4 rings (SSSR count). The second-order valence-corrected chi connectivity index (χ2v) is 9.53. The van der Waals surface area contributed by atoms with Crippen LogP contribution in [0.1, 0.15) is 25.6 Å². The largest absolute Gasteiger partial charge is 0.446 e. The highest BCUT2D eigenvalue weighted by Crippen LogP contribution is 2.37. The highest BCUT2D eigenvalue weighted by molar-refractivity contribution is 8.00. The van der Waals surface area contributed by atoms with Gasteiger partial charge < -0.3 is 16.4 Å². The Morgan fingerprint density at radius 2 is 1.57 bits per heavy atom. The van der Waals surface area contributed by atoms with Crippen molar-refractivity contribution in [2.45, 2.75) is 10.4 Å². The van der Waals surface area contributed by atoms with Gasteiger partial charge >= 0.3 is 5.51 Å². The molecule has 0 atom stereocenters. The average Bonchev–Trinajstić information content (AvgIpc) is 3.18. The van der Waals surface area contributed by atoms with Crippen molar-refractivity contribution >= 4 is 57.1 Å². The van der Waals surface area contributed by atoms with E-state index in [9.17, 15) is 31.5 Å². The molecule has 0 aliphatic carbocycles. The van der Waals surface area contributed by atoms with Gasteiger partial charge in [0.05, 0.1) is 5.56 Å². The number of benzene rings is 3. The van der Waals surface area contributed by atoms with Gasteiger partial charge in [-0.2, -0.15) is 13.2 Å². The number of nitrogens with zero attached hydrogens (tertiary/aromatic N) is 1. The number of hydrogen-bond donors (Lipinski definition) is 3. The van der Waals surface area contributed by atoms with Gasteiger partial charge in [0.25, 0.3) is 5.91 Å². The average molecular weight is 551 g/mol. The monoisotopic (exact) mass is 550 g/mol. The van der Waals surface area contributed by atoms with Crippen LogP contribution >= 0.6 is 23.1 Å². The number of halogens is 5. The smallest absolute Gasteiger partial charge is 0.382 e. The standard InChI is InChI=1S/C24H15F5N4O2S2/c25-16-5-2-6-17(26)18(16)19(34)20-21(30)33-23(36-20)32-13-9-7-12(8-10-13)22(35)31-14-3-1-4-15(11-14)37-24(27,28)29/h1-11H,30H2,(H,31,35)(H,32,33). The minimum atomic E-state index is -4.45. The Bertz CT molecular complexity index is 1450. The molecule has 0 saturated carbocycles. The summed E-state index contributed by atoms with van der Waals surface area (Å²) in [5.41, 5.74) is 1.50. The first-order valence-corrected chi connectivity index (χ1v) is 11.9. The van der Waals surface area contributed by atoms with Crippen LogP contribution in [0, 0.1) is 11.6 Å². The highest BCUT2D eigenvalue weighted by Gasteiger charge is 2.29. The molecule has 0 saturated heterocycles. The SMILES string of the molecule is Nc1nc(Nc2ccc(C(=O)Nc3cccc(SC(F)(F)F)c3)cc2)sc1C(=O)c1c(F)cccc1F. The van der Waals surface area contributed by atoms with E-state index in [0.717, 1.165) is 29.5 Å². The van der Waals surface area contributed by atoms with Crippen LogP contribution in [0.15, 0.2) is 71.6 Å². The molecule has 3 aromatic carbocycles. The van der Waals surface area contributed by atoms with E-state index in [4.69, 9.17) is 5.73 Å². The summed E-state index contributed by atoms with van der Waals surface area (Å²) in [6.45, 7) is 0. The second kappa shape index (κ2) is 10.6. The van der Waals surface area contributed by atoms with Crippen LogP contribution in [-0.2, 0) is 0 Å². The number of nitrogens with one attached hydrogen (secondary N) is 2. The zero-order valence-corrected chi connectivity index (χ0v) is 20.0. The first-order valence-electron chi connectivity index (χ1n) is 10.3. The van der Waals surface area contributed by atoms with Crippen LogP contribution in [0.3, 0.4) is 0 Å². The van der Waals surface area contributed by atoms with E-state index in [2.05, 4.69) is 15.6 Å². The van der Waals surface area contributed by atoms with Gasteiger partial charge in [0.15, 0.2) is 5.13 Å². The maximum Gasteiger partial charge on any atom is 0.446 e. The number of hydrogen-bond acceptors (Lipinski definition) is 7. The number of ketones is 1. The van der Waals surface area contributed by atoms with Crippen molar-refractivity contribution in [1.82, 2.24) is 4.98 Å². The van der Waals surface area contributed by atoms with Gasteiger partial charge in [-0.25, -0.2) is 13.8 Å². The predicted molar refractivity (Wildman–Crippen MR) is 132 cm³/mol. The molecular formula is C24H15F5N4O2S2. The summed E-state index contributed by atoms with van der Waals surface area (Å²) in [5.74, 6) is -3.73. The van der Waals surface area contributed by atoms with Crippen molar-refractivity contribution in [2.75, 3.05) is 16.4 Å². The quantitative estimate of drug-likeness (QED) is 0.132. The maximum atomic E-state index is 14.0. The number of amides is 1. The molecule has 0 unspecified atom stereocenters. The minimum absolute atomic E-state index is 0.0665. The van der Waals surface area contributed by atoms with Crippen molar-refractivity contribution in [3.63, 3.8) is 0 Å². The van der Waals surface area contributed by atoms with Crippen LogP contribution in [0.5, 0.6) is 0 Å². The van der Waals surface area contributed by atoms with Gasteiger partial charge in [0.1, 0.15) is 22.3 Å². The number of thioether (sulfide) groups is 1. The number of nitrogens with two attached hydrogens (primary N) is 1. The number of carbonyl (C=O) groups excluding carboxylic acids is 2. The van der Waals surface area contributed by atoms with E-state index in [-0.39, 0.29) is 43.7 Å². The lowest BCUT2D eigenvalue weighted by atomic mass is 10.1. The molecular weight excluding hydrogens is 535 g/mol. The molecule has 0 radical (unpaired) electrons. The maximum absolute atomic E-state index is 14.0. The molecule has 1 aromatic heterocycles. The van der Waals surface area contributed by atoms with Gasteiger partial charge in [0, 0.05) is 21.8 Å². The summed E-state index contributed by atoms with van der Waals surface area (Å²) in [4.78, 5) is 28.9. The number of nitrogen functional groups attached to an aromatic ring is 1. The van der Waals surface area contributed by atoms with E-state index in [1.165, 1.54) is 48.5 Å². The summed E-state index contributed by atoms with van der Waals surface area (Å²) in [6, 6.07) is 14.4. The van der Waals surface area contributed by atoms with Gasteiger partial charge in [0.2, 0.25) is 5.78 Å². The molecule has 190 valence electrons. The van der Waals surface area contributed by atoms with E-state index in [0.29, 0.717) is 5.69 Å². The minimum Gasteiger partial charge on any atom is -0.382 e. The third kappa shape index (κ3) is 6.43. The Morgan fingerprint density at radius 1 is 0.919 bits per heavy atom. The molecule has 4 aromatic rings. The fourth-order valence-electron chi connectivity index (χ4n) is 3.18. The molecule has 0 aliphatic heterocycles. The fourth-order valence-corrected chi connectivity index (χ4v) is 4.63. The Hall–Kier alpha value is -3.97. The third-order valence-electron chi connectivity index (χ3n) is 4.77. The first kappa shape index (κ1) is 26.1. The van der Waals surface area contributed by atoms with Crippen LogP contribution in [0.4, 0.5) is 44.3 Å². The summed E-state index contributed by atoms with van der Waals surface area (Å²) >= 11 is 0.514. The van der Waals surface area contributed by atoms with Crippen molar-refractivity contribution in [3.8, 4) is 0 Å². The third-order valence-corrected chi connectivity index (χ3v) is 6.48. The zero-order valence-electron chi connectivity index (χ0n) is 18.4. The predicted octanol–water partition coefficient (Wildman–Crippen LogP) is 6.84. The lowest BCUT2D eigenvalue weighted by molar-refractivity contribution is -0.0328. The molecule has 13 heteroatoms. The fraction of sp³-hybridized carbons (Fsp3) is 0.0417. The zero-order chi connectivity index (χ0) is 26.7. The molecule has 4 N–H and O–H groups in total. The van der Waals surface area contributed by atoms with Crippen molar-refractivity contribution < 1.29 is 31.5 Å². The molecule has 0 bridgehead atoms. The van der Waals surface area contributed by atoms with E-state index in [1.807, 2.05) is 0 Å². The van der Waals surface area contributed by atoms with Gasteiger partial charge in [-0.15, -0.1) is 0 Å². The summed E-state index contributed by atoms with van der Waals surface area (Å²) < 4.78 is 65.7. The van der Waals surface area contributed by atoms with Crippen molar-refractivity contribution in [2.24, 2.45) is 0 Å². The van der Waals surface area contributed by atoms with Crippen LogP contribution in [0.2, 0.25) is 0 Å². The number of anilines is 4. The van der Waals surface area contributed by atoms with Gasteiger partial charge in [-0.3, -0.25) is 9.59 Å². The summed E-state index contributed by atoms with van der Waals surface area (Å²) in [5, 5.41) is 5.60. The molecule has 37 heavy (non-hydrogen) atoms. The molecule has 1 amide bonds. The van der Waals surface area contributed by atoms with Crippen molar-refractivity contribution in [3.05, 3.63) is 94.4 Å². The molecule has 0 fully saturated rings. The van der Waals surface area contributed by atoms with Gasteiger partial charge in [-0.1, -0.05) is 23.5 Å². The number of rotatable bonds is 7. The number of thiazole rings is 1. The Morgan fingerprint density at radius 3 is 2.22 bits per heavy atom. The number of carbonyl (C=O) groups is 2. The van der Waals surface area contributed by atoms with E-state index in [1.54, 1.807) is 0 Å².